The second kappa shape index (κ2) is 7.48. The first-order valence-corrected chi connectivity index (χ1v) is 8.24. The van der Waals surface area contributed by atoms with E-state index in [-0.39, 0.29) is 18.2 Å². The molecule has 0 aromatic carbocycles. The van der Waals surface area contributed by atoms with Crippen molar-refractivity contribution in [2.75, 3.05) is 13.2 Å². The van der Waals surface area contributed by atoms with Crippen molar-refractivity contribution in [3.63, 3.8) is 0 Å². The van der Waals surface area contributed by atoms with Crippen molar-refractivity contribution in [3.05, 3.63) is 36.4 Å². The summed E-state index contributed by atoms with van der Waals surface area (Å²) in [6, 6.07) is 1.70. The molecule has 2 N–H and O–H groups in total. The van der Waals surface area contributed by atoms with Gasteiger partial charge in [0.25, 0.3) is 0 Å². The van der Waals surface area contributed by atoms with Gasteiger partial charge >= 0.3 is 6.03 Å². The number of carbonyl (C=O) groups is 1. The molecule has 24 heavy (non-hydrogen) atoms. The Morgan fingerprint density at radius 2 is 2.38 bits per heavy atom. The number of hydrogen-bond donors (Lipinski definition) is 2. The van der Waals surface area contributed by atoms with E-state index in [1.165, 1.54) is 0 Å². The molecule has 1 fully saturated rings. The zero-order chi connectivity index (χ0) is 16.9. The van der Waals surface area contributed by atoms with Crippen molar-refractivity contribution in [1.29, 1.82) is 0 Å². The van der Waals surface area contributed by atoms with Crippen LogP contribution < -0.4 is 10.6 Å². The fourth-order valence-electron chi connectivity index (χ4n) is 2.93. The third kappa shape index (κ3) is 4.14. The number of hydrogen-bond acceptors (Lipinski definition) is 4. The molecule has 130 valence electrons. The lowest BCUT2D eigenvalue weighted by molar-refractivity contribution is 0.0998. The van der Waals surface area contributed by atoms with Crippen LogP contribution in [0.3, 0.4) is 0 Å². The van der Waals surface area contributed by atoms with Gasteiger partial charge < -0.3 is 15.4 Å². The van der Waals surface area contributed by atoms with Gasteiger partial charge in [-0.1, -0.05) is 6.92 Å². The van der Waals surface area contributed by atoms with E-state index in [0.29, 0.717) is 19.1 Å². The largest absolute Gasteiger partial charge is 0.371 e. The Labute approximate surface area is 141 Å². The van der Waals surface area contributed by atoms with Gasteiger partial charge in [-0.2, -0.15) is 10.2 Å². The highest BCUT2D eigenvalue weighted by Gasteiger charge is 2.31. The van der Waals surface area contributed by atoms with E-state index in [1.807, 2.05) is 30.2 Å². The average molecular weight is 332 g/mol. The summed E-state index contributed by atoms with van der Waals surface area (Å²) in [5.41, 5.74) is 0.993. The van der Waals surface area contributed by atoms with Crippen LogP contribution in [0.5, 0.6) is 0 Å². The Balaban J connectivity index is 1.45. The highest BCUT2D eigenvalue weighted by Crippen LogP contribution is 2.28. The van der Waals surface area contributed by atoms with Gasteiger partial charge in [0.15, 0.2) is 0 Å². The van der Waals surface area contributed by atoms with E-state index in [0.717, 1.165) is 18.5 Å². The maximum Gasteiger partial charge on any atom is 0.315 e. The second-order valence-corrected chi connectivity index (χ2v) is 6.32. The molecule has 0 bridgehead atoms. The van der Waals surface area contributed by atoms with Crippen molar-refractivity contribution in [2.24, 2.45) is 13.0 Å². The van der Waals surface area contributed by atoms with Gasteiger partial charge in [0.2, 0.25) is 0 Å². The molecule has 2 aromatic rings. The third-order valence-electron chi connectivity index (χ3n) is 4.13. The Hall–Kier alpha value is -2.35. The van der Waals surface area contributed by atoms with Crippen LogP contribution >= 0.6 is 0 Å². The molecule has 8 nitrogen and oxygen atoms in total. The Morgan fingerprint density at radius 3 is 3.08 bits per heavy atom. The number of rotatable bonds is 6. The van der Waals surface area contributed by atoms with E-state index >= 15 is 0 Å². The number of amides is 2. The van der Waals surface area contributed by atoms with Crippen LogP contribution in [-0.2, 0) is 18.3 Å². The lowest BCUT2D eigenvalue weighted by Gasteiger charge is -2.20. The predicted molar refractivity (Wildman–Crippen MR) is 88.2 cm³/mol. The van der Waals surface area contributed by atoms with Gasteiger partial charge in [0, 0.05) is 50.9 Å². The fraction of sp³-hybridized carbons (Fsp3) is 0.562. The summed E-state index contributed by atoms with van der Waals surface area (Å²) < 4.78 is 9.36. The highest BCUT2D eigenvalue weighted by atomic mass is 16.5. The maximum atomic E-state index is 12.2. The Kier molecular flexibility index (Phi) is 5.14. The highest BCUT2D eigenvalue weighted by molar-refractivity contribution is 5.74. The molecule has 3 heterocycles. The minimum atomic E-state index is -0.160. The van der Waals surface area contributed by atoms with Crippen LogP contribution in [-0.4, -0.2) is 44.8 Å². The number of nitrogens with one attached hydrogen (secondary N) is 2. The smallest absolute Gasteiger partial charge is 0.315 e. The molecule has 0 unspecified atom stereocenters. The van der Waals surface area contributed by atoms with Crippen LogP contribution in [0.15, 0.2) is 30.9 Å². The van der Waals surface area contributed by atoms with Gasteiger partial charge in [0.1, 0.15) is 6.10 Å². The van der Waals surface area contributed by atoms with E-state index in [1.54, 1.807) is 17.1 Å². The van der Waals surface area contributed by atoms with Gasteiger partial charge in [-0.3, -0.25) is 9.36 Å². The summed E-state index contributed by atoms with van der Waals surface area (Å²) in [6.45, 7) is 4.09. The zero-order valence-corrected chi connectivity index (χ0v) is 14.1. The van der Waals surface area contributed by atoms with Crippen molar-refractivity contribution in [3.8, 4) is 0 Å². The number of aromatic nitrogens is 4. The molecule has 0 radical (unpaired) electrons. The van der Waals surface area contributed by atoms with Gasteiger partial charge in [-0.05, 0) is 18.4 Å². The first kappa shape index (κ1) is 16.5. The number of ether oxygens (including phenoxy) is 1. The molecule has 3 atom stereocenters. The molecular weight excluding hydrogens is 308 g/mol. The number of aryl methyl sites for hydroxylation is 1. The normalized spacial score (nSPS) is 21.6. The Morgan fingerprint density at radius 1 is 1.50 bits per heavy atom. The molecule has 0 saturated carbocycles. The van der Waals surface area contributed by atoms with Crippen LogP contribution in [0, 0.1) is 5.92 Å². The van der Waals surface area contributed by atoms with Crippen LogP contribution in [0.2, 0.25) is 0 Å². The Bertz CT molecular complexity index is 653. The monoisotopic (exact) mass is 332 g/mol. The molecule has 0 aliphatic carbocycles. The van der Waals surface area contributed by atoms with E-state index in [9.17, 15) is 4.79 Å². The average Bonchev–Trinajstić information content (AvgIpc) is 3.27. The molecule has 8 heteroatoms. The number of urea groups is 1. The molecular formula is C16H24N6O2. The van der Waals surface area contributed by atoms with Gasteiger partial charge in [-0.15, -0.1) is 0 Å². The van der Waals surface area contributed by atoms with E-state index < -0.39 is 0 Å². The summed E-state index contributed by atoms with van der Waals surface area (Å²) >= 11 is 0. The van der Waals surface area contributed by atoms with Crippen molar-refractivity contribution in [2.45, 2.75) is 32.0 Å². The lowest BCUT2D eigenvalue weighted by Crippen LogP contribution is -2.44. The summed E-state index contributed by atoms with van der Waals surface area (Å²) in [5.74, 6) is 0.296. The first-order valence-electron chi connectivity index (χ1n) is 8.24. The summed E-state index contributed by atoms with van der Waals surface area (Å²) in [7, 11) is 1.87. The molecule has 3 rings (SSSR count). The fourth-order valence-corrected chi connectivity index (χ4v) is 2.93. The second-order valence-electron chi connectivity index (χ2n) is 6.32. The summed E-state index contributed by atoms with van der Waals surface area (Å²) in [5, 5.41) is 14.3. The summed E-state index contributed by atoms with van der Waals surface area (Å²) in [4.78, 5) is 12.2. The van der Waals surface area contributed by atoms with E-state index in [2.05, 4.69) is 27.8 Å². The number of nitrogens with zero attached hydrogens (tertiary/aromatic N) is 4. The topological polar surface area (TPSA) is 86.0 Å². The molecule has 2 aromatic heterocycles. The molecule has 1 aliphatic heterocycles. The van der Waals surface area contributed by atoms with Gasteiger partial charge in [0.05, 0.1) is 12.2 Å². The van der Waals surface area contributed by atoms with Crippen molar-refractivity contribution in [1.82, 2.24) is 30.2 Å². The summed E-state index contributed by atoms with van der Waals surface area (Å²) in [6.07, 6.45) is 8.06. The quantitative estimate of drug-likeness (QED) is 0.829. The zero-order valence-electron chi connectivity index (χ0n) is 14.1. The minimum absolute atomic E-state index is 0.0318. The standard InChI is InChI=1S/C16H24N6O2/c1-12(10-22-6-3-5-18-22)8-17-16(23)20-14-4-7-24-15(14)13-9-19-21(2)11-13/h3,5-6,9,11-12,14-15H,4,7-8,10H2,1-2H3,(H2,17,20,23)/t12-,14-,15+/m0/s1. The van der Waals surface area contributed by atoms with Crippen LogP contribution in [0.4, 0.5) is 4.79 Å². The van der Waals surface area contributed by atoms with Crippen LogP contribution in [0.25, 0.3) is 0 Å². The first-order chi connectivity index (χ1) is 11.6. The van der Waals surface area contributed by atoms with Gasteiger partial charge in [-0.25, -0.2) is 4.79 Å². The molecule has 2 amide bonds. The third-order valence-corrected chi connectivity index (χ3v) is 4.13. The predicted octanol–water partition coefficient (Wildman–Crippen LogP) is 1.08. The SMILES string of the molecule is C[C@@H](CNC(=O)N[C@H]1CCO[C@@H]1c1cnn(C)c1)Cn1cccn1. The van der Waals surface area contributed by atoms with Crippen molar-refractivity contribution >= 4 is 6.03 Å². The number of carbonyl (C=O) groups excluding carboxylic acids is 1. The van der Waals surface area contributed by atoms with Crippen molar-refractivity contribution < 1.29 is 9.53 Å². The lowest BCUT2D eigenvalue weighted by atomic mass is 10.1. The van der Waals surface area contributed by atoms with Crippen LogP contribution in [0.1, 0.15) is 25.0 Å². The minimum Gasteiger partial charge on any atom is -0.371 e. The van der Waals surface area contributed by atoms with E-state index in [4.69, 9.17) is 4.74 Å². The molecule has 1 saturated heterocycles. The molecule has 0 spiro atoms. The maximum absolute atomic E-state index is 12.2. The molecule has 1 aliphatic rings.